The van der Waals surface area contributed by atoms with Gasteiger partial charge in [0.1, 0.15) is 5.58 Å². The largest absolute Gasteiger partial charge is 0.454 e. The van der Waals surface area contributed by atoms with Crippen LogP contribution < -0.4 is 4.90 Å². The second-order valence-corrected chi connectivity index (χ2v) is 12.8. The Morgan fingerprint density at radius 2 is 1.00 bits per heavy atom. The van der Waals surface area contributed by atoms with Crippen LogP contribution in [0.15, 0.2) is 192 Å². The fourth-order valence-corrected chi connectivity index (χ4v) is 8.35. The van der Waals surface area contributed by atoms with Crippen LogP contribution in [-0.4, -0.2) is 0 Å². The quantitative estimate of drug-likeness (QED) is 0.189. The maximum Gasteiger partial charge on any atom is 0.159 e. The third kappa shape index (κ3) is 3.95. The molecule has 0 radical (unpaired) electrons. The molecule has 0 spiro atoms. The Kier molecular flexibility index (Phi) is 6.13. The predicted octanol–water partition coefficient (Wildman–Crippen LogP) is 12.6. The highest BCUT2D eigenvalue weighted by atomic mass is 16.3. The number of furan rings is 1. The first-order valence-corrected chi connectivity index (χ1v) is 16.9. The van der Waals surface area contributed by atoms with Crippen LogP contribution in [0.2, 0.25) is 0 Å². The molecule has 0 unspecified atom stereocenters. The van der Waals surface area contributed by atoms with Crippen LogP contribution in [0.1, 0.15) is 22.3 Å². The van der Waals surface area contributed by atoms with Crippen molar-refractivity contribution < 1.29 is 4.42 Å². The lowest BCUT2D eigenvalue weighted by atomic mass is 9.67. The van der Waals surface area contributed by atoms with E-state index in [1.165, 1.54) is 44.2 Å². The predicted molar refractivity (Wildman–Crippen MR) is 203 cm³/mol. The molecule has 49 heavy (non-hydrogen) atoms. The highest BCUT2D eigenvalue weighted by Gasteiger charge is 2.48. The van der Waals surface area contributed by atoms with E-state index in [1.807, 2.05) is 0 Å². The molecule has 0 aliphatic heterocycles. The summed E-state index contributed by atoms with van der Waals surface area (Å²) in [4.78, 5) is 2.44. The van der Waals surface area contributed by atoms with Crippen molar-refractivity contribution in [1.82, 2.24) is 0 Å². The van der Waals surface area contributed by atoms with E-state index in [2.05, 4.69) is 193 Å². The van der Waals surface area contributed by atoms with Gasteiger partial charge in [-0.05, 0) is 69.1 Å². The molecule has 10 rings (SSSR count). The summed E-state index contributed by atoms with van der Waals surface area (Å²) in [6, 6.07) is 68.0. The van der Waals surface area contributed by atoms with E-state index in [0.717, 1.165) is 39.0 Å². The lowest BCUT2D eigenvalue weighted by Gasteiger charge is -2.38. The molecule has 2 nitrogen and oxygen atoms in total. The zero-order chi connectivity index (χ0) is 32.4. The average molecular weight is 626 g/mol. The van der Waals surface area contributed by atoms with Crippen molar-refractivity contribution in [3.63, 3.8) is 0 Å². The molecule has 1 aliphatic rings. The van der Waals surface area contributed by atoms with Gasteiger partial charge in [0.15, 0.2) is 5.58 Å². The van der Waals surface area contributed by atoms with Crippen molar-refractivity contribution in [1.29, 1.82) is 0 Å². The second-order valence-electron chi connectivity index (χ2n) is 12.8. The SMILES string of the molecule is c1ccc(N(c2cccc3ccccc23)c2c(C3(c4ccccc4)c4ccccc4-c4ccccc43)ccc3c2oc2ccccc23)cc1. The maximum absolute atomic E-state index is 7.03. The van der Waals surface area contributed by atoms with Gasteiger partial charge < -0.3 is 9.32 Å². The van der Waals surface area contributed by atoms with Gasteiger partial charge in [-0.3, -0.25) is 0 Å². The number of anilines is 3. The Balaban J connectivity index is 1.44. The van der Waals surface area contributed by atoms with E-state index in [0.29, 0.717) is 0 Å². The molecule has 9 aromatic rings. The molecule has 0 atom stereocenters. The van der Waals surface area contributed by atoms with E-state index in [-0.39, 0.29) is 0 Å². The van der Waals surface area contributed by atoms with Crippen LogP contribution in [0.25, 0.3) is 43.8 Å². The first-order chi connectivity index (χ1) is 24.3. The van der Waals surface area contributed by atoms with Gasteiger partial charge in [-0.1, -0.05) is 158 Å². The van der Waals surface area contributed by atoms with Crippen LogP contribution in [0, 0.1) is 0 Å². The van der Waals surface area contributed by atoms with Crippen molar-refractivity contribution in [2.75, 3.05) is 4.90 Å². The lowest BCUT2D eigenvalue weighted by Crippen LogP contribution is -2.31. The molecule has 0 N–H and O–H groups in total. The van der Waals surface area contributed by atoms with Crippen LogP contribution >= 0.6 is 0 Å². The van der Waals surface area contributed by atoms with Gasteiger partial charge in [0.25, 0.3) is 0 Å². The van der Waals surface area contributed by atoms with E-state index in [9.17, 15) is 0 Å². The van der Waals surface area contributed by atoms with Gasteiger partial charge in [-0.25, -0.2) is 0 Å². The molecule has 0 bridgehead atoms. The van der Waals surface area contributed by atoms with Crippen molar-refractivity contribution in [2.24, 2.45) is 0 Å². The second kappa shape index (κ2) is 10.8. The van der Waals surface area contributed by atoms with E-state index >= 15 is 0 Å². The summed E-state index contributed by atoms with van der Waals surface area (Å²) in [5.74, 6) is 0. The number of hydrogen-bond donors (Lipinski definition) is 0. The molecule has 0 amide bonds. The third-order valence-corrected chi connectivity index (χ3v) is 10.3. The molecule has 0 saturated carbocycles. The van der Waals surface area contributed by atoms with Gasteiger partial charge in [0.05, 0.1) is 16.8 Å². The number of benzene rings is 8. The van der Waals surface area contributed by atoms with Crippen LogP contribution in [0.5, 0.6) is 0 Å². The summed E-state index contributed by atoms with van der Waals surface area (Å²) in [6.07, 6.45) is 0. The Morgan fingerprint density at radius 3 is 1.76 bits per heavy atom. The van der Waals surface area contributed by atoms with Gasteiger partial charge in [-0.15, -0.1) is 0 Å². The monoisotopic (exact) mass is 625 g/mol. The summed E-state index contributed by atoms with van der Waals surface area (Å²) in [7, 11) is 0. The molecule has 8 aromatic carbocycles. The fourth-order valence-electron chi connectivity index (χ4n) is 8.35. The minimum atomic E-state index is -0.630. The molecular weight excluding hydrogens is 595 g/mol. The zero-order valence-corrected chi connectivity index (χ0v) is 26.8. The Hall–Kier alpha value is -6.38. The first-order valence-electron chi connectivity index (χ1n) is 16.9. The average Bonchev–Trinajstić information content (AvgIpc) is 3.70. The van der Waals surface area contributed by atoms with E-state index < -0.39 is 5.41 Å². The molecule has 1 heterocycles. The van der Waals surface area contributed by atoms with E-state index in [1.54, 1.807) is 0 Å². The molecule has 1 aromatic heterocycles. The molecule has 230 valence electrons. The highest BCUT2D eigenvalue weighted by Crippen LogP contribution is 2.60. The van der Waals surface area contributed by atoms with Crippen molar-refractivity contribution in [3.05, 3.63) is 210 Å². The summed E-state index contributed by atoms with van der Waals surface area (Å²) in [6.45, 7) is 0. The van der Waals surface area contributed by atoms with Crippen LogP contribution in [-0.2, 0) is 5.41 Å². The summed E-state index contributed by atoms with van der Waals surface area (Å²) < 4.78 is 7.03. The van der Waals surface area contributed by atoms with Crippen LogP contribution in [0.3, 0.4) is 0 Å². The molecular formula is C47H31NO. The molecule has 0 saturated heterocycles. The maximum atomic E-state index is 7.03. The summed E-state index contributed by atoms with van der Waals surface area (Å²) >= 11 is 0. The minimum absolute atomic E-state index is 0.630. The number of para-hydroxylation sites is 2. The number of fused-ring (bicyclic) bond motifs is 7. The van der Waals surface area contributed by atoms with Crippen LogP contribution in [0.4, 0.5) is 17.1 Å². The lowest BCUT2D eigenvalue weighted by molar-refractivity contribution is 0.666. The van der Waals surface area contributed by atoms with Crippen molar-refractivity contribution >= 4 is 49.8 Å². The smallest absolute Gasteiger partial charge is 0.159 e. The topological polar surface area (TPSA) is 16.4 Å². The third-order valence-electron chi connectivity index (χ3n) is 10.3. The highest BCUT2D eigenvalue weighted by molar-refractivity contribution is 6.13. The van der Waals surface area contributed by atoms with Gasteiger partial charge in [0.2, 0.25) is 0 Å². The molecule has 2 heteroatoms. The first kappa shape index (κ1) is 27.7. The Morgan fingerprint density at radius 1 is 0.408 bits per heavy atom. The normalized spacial score (nSPS) is 13.1. The molecule has 1 aliphatic carbocycles. The standard InChI is InChI=1S/C47H31NO/c1-3-18-33(19-4-1)47(40-26-12-9-23-36(40)37-24-10-13-27-41(37)47)42-31-30-39-38-25-11-14-29-44(38)49-46(39)45(42)48(34-20-5-2-6-21-34)43-28-15-17-32-16-7-8-22-35(32)43/h1-31H. The summed E-state index contributed by atoms with van der Waals surface area (Å²) in [5.41, 5.74) is 11.8. The Labute approximate surface area is 285 Å². The molecule has 0 fully saturated rings. The van der Waals surface area contributed by atoms with E-state index in [4.69, 9.17) is 4.42 Å². The number of nitrogens with zero attached hydrogens (tertiary/aromatic N) is 1. The fraction of sp³-hybridized carbons (Fsp3) is 0.0213. The van der Waals surface area contributed by atoms with Crippen molar-refractivity contribution in [2.45, 2.75) is 5.41 Å². The van der Waals surface area contributed by atoms with Gasteiger partial charge in [0, 0.05) is 21.8 Å². The van der Waals surface area contributed by atoms with Gasteiger partial charge in [-0.2, -0.15) is 0 Å². The Bertz CT molecular complexity index is 2620. The van der Waals surface area contributed by atoms with Crippen molar-refractivity contribution in [3.8, 4) is 11.1 Å². The zero-order valence-electron chi connectivity index (χ0n) is 26.8. The summed E-state index contributed by atoms with van der Waals surface area (Å²) in [5, 5.41) is 4.57. The number of hydrogen-bond acceptors (Lipinski definition) is 2. The van der Waals surface area contributed by atoms with Gasteiger partial charge >= 0.3 is 0 Å². The minimum Gasteiger partial charge on any atom is -0.454 e. The number of rotatable bonds is 5.